The van der Waals surface area contributed by atoms with Crippen LogP contribution in [0.15, 0.2) is 28.8 Å². The molecule has 1 heterocycles. The standard InChI is InChI=1S/C21H27NO/c1-14(19-12-15(2)22-23-19)11-16-7-8-17-18(13-16)21(5,6)10-9-20(17,3)4/h7-8,11-13H,9-10H2,1-6H3/b14-11+. The van der Waals surface area contributed by atoms with Crippen LogP contribution in [0.25, 0.3) is 11.6 Å². The Morgan fingerprint density at radius 1 is 1.04 bits per heavy atom. The van der Waals surface area contributed by atoms with Gasteiger partial charge in [-0.1, -0.05) is 51.1 Å². The van der Waals surface area contributed by atoms with Crippen molar-refractivity contribution >= 4 is 11.6 Å². The molecule has 0 radical (unpaired) electrons. The number of fused-ring (bicyclic) bond motifs is 1. The van der Waals surface area contributed by atoms with Crippen molar-refractivity contribution in [1.29, 1.82) is 0 Å². The molecule has 1 aromatic carbocycles. The maximum absolute atomic E-state index is 5.37. The summed E-state index contributed by atoms with van der Waals surface area (Å²) in [5.74, 6) is 0.847. The van der Waals surface area contributed by atoms with Crippen LogP contribution in [0.5, 0.6) is 0 Å². The first-order valence-corrected chi connectivity index (χ1v) is 8.46. The van der Waals surface area contributed by atoms with Crippen molar-refractivity contribution in [1.82, 2.24) is 5.16 Å². The van der Waals surface area contributed by atoms with Gasteiger partial charge in [0, 0.05) is 6.07 Å². The molecule has 1 aromatic heterocycles. The molecule has 0 fully saturated rings. The van der Waals surface area contributed by atoms with Crippen LogP contribution in [0.2, 0.25) is 0 Å². The predicted octanol–water partition coefficient (Wildman–Crippen LogP) is 5.89. The molecule has 0 spiro atoms. The highest BCUT2D eigenvalue weighted by Gasteiger charge is 2.36. The van der Waals surface area contributed by atoms with Gasteiger partial charge in [-0.15, -0.1) is 0 Å². The molecule has 0 amide bonds. The van der Waals surface area contributed by atoms with E-state index < -0.39 is 0 Å². The Bertz CT molecular complexity index is 762. The van der Waals surface area contributed by atoms with Gasteiger partial charge in [-0.2, -0.15) is 0 Å². The van der Waals surface area contributed by atoms with Gasteiger partial charge in [0.1, 0.15) is 0 Å². The number of benzene rings is 1. The van der Waals surface area contributed by atoms with E-state index in [0.29, 0.717) is 0 Å². The molecule has 1 aliphatic rings. The van der Waals surface area contributed by atoms with Crippen LogP contribution >= 0.6 is 0 Å². The first kappa shape index (κ1) is 16.0. The van der Waals surface area contributed by atoms with Gasteiger partial charge in [0.2, 0.25) is 0 Å². The molecule has 0 aliphatic heterocycles. The maximum atomic E-state index is 5.37. The highest BCUT2D eigenvalue weighted by atomic mass is 16.5. The van der Waals surface area contributed by atoms with Crippen molar-refractivity contribution < 1.29 is 4.52 Å². The van der Waals surface area contributed by atoms with E-state index in [9.17, 15) is 0 Å². The van der Waals surface area contributed by atoms with E-state index in [2.05, 4.69) is 64.1 Å². The molecule has 0 saturated carbocycles. The van der Waals surface area contributed by atoms with Gasteiger partial charge in [0.25, 0.3) is 0 Å². The Labute approximate surface area is 139 Å². The van der Waals surface area contributed by atoms with Crippen molar-refractivity contribution in [2.75, 3.05) is 0 Å². The van der Waals surface area contributed by atoms with E-state index in [-0.39, 0.29) is 10.8 Å². The zero-order chi connectivity index (χ0) is 16.8. The van der Waals surface area contributed by atoms with Crippen LogP contribution in [0, 0.1) is 6.92 Å². The first-order chi connectivity index (χ1) is 10.7. The van der Waals surface area contributed by atoms with Gasteiger partial charge in [-0.05, 0) is 65.9 Å². The molecule has 23 heavy (non-hydrogen) atoms. The molecule has 0 N–H and O–H groups in total. The summed E-state index contributed by atoms with van der Waals surface area (Å²) in [6, 6.07) is 8.90. The maximum Gasteiger partial charge on any atom is 0.162 e. The van der Waals surface area contributed by atoms with Crippen LogP contribution in [0.4, 0.5) is 0 Å². The van der Waals surface area contributed by atoms with Crippen LogP contribution in [-0.4, -0.2) is 5.16 Å². The minimum atomic E-state index is 0.242. The Hall–Kier alpha value is -1.83. The predicted molar refractivity (Wildman–Crippen MR) is 96.5 cm³/mol. The minimum absolute atomic E-state index is 0.242. The van der Waals surface area contributed by atoms with Crippen LogP contribution in [0.1, 0.15) is 75.6 Å². The van der Waals surface area contributed by atoms with Crippen LogP contribution < -0.4 is 0 Å². The van der Waals surface area contributed by atoms with E-state index in [0.717, 1.165) is 17.0 Å². The summed E-state index contributed by atoms with van der Waals surface area (Å²) in [4.78, 5) is 0. The summed E-state index contributed by atoms with van der Waals surface area (Å²) in [5.41, 5.74) is 6.76. The molecule has 2 aromatic rings. The third kappa shape index (κ3) is 2.99. The van der Waals surface area contributed by atoms with Crippen LogP contribution in [-0.2, 0) is 10.8 Å². The Morgan fingerprint density at radius 3 is 2.30 bits per heavy atom. The van der Waals surface area contributed by atoms with Gasteiger partial charge >= 0.3 is 0 Å². The highest BCUT2D eigenvalue weighted by molar-refractivity contribution is 5.78. The van der Waals surface area contributed by atoms with Gasteiger partial charge in [-0.25, -0.2) is 0 Å². The van der Waals surface area contributed by atoms with Gasteiger partial charge in [0.05, 0.1) is 5.69 Å². The van der Waals surface area contributed by atoms with E-state index >= 15 is 0 Å². The molecule has 0 saturated heterocycles. The summed E-state index contributed by atoms with van der Waals surface area (Å²) in [7, 11) is 0. The average molecular weight is 309 g/mol. The summed E-state index contributed by atoms with van der Waals surface area (Å²) in [5, 5.41) is 3.98. The molecule has 2 heteroatoms. The smallest absolute Gasteiger partial charge is 0.162 e. The van der Waals surface area contributed by atoms with Crippen molar-refractivity contribution in [3.05, 3.63) is 52.4 Å². The molecular weight excluding hydrogens is 282 g/mol. The fourth-order valence-corrected chi connectivity index (χ4v) is 3.57. The second-order valence-electron chi connectivity index (χ2n) is 8.23. The Balaban J connectivity index is 2.03. The molecule has 1 aliphatic carbocycles. The quantitative estimate of drug-likeness (QED) is 0.691. The highest BCUT2D eigenvalue weighted by Crippen LogP contribution is 2.46. The van der Waals surface area contributed by atoms with E-state index in [4.69, 9.17) is 4.52 Å². The van der Waals surface area contributed by atoms with E-state index in [1.165, 1.54) is 29.5 Å². The number of aromatic nitrogens is 1. The lowest BCUT2D eigenvalue weighted by molar-refractivity contribution is 0.332. The summed E-state index contributed by atoms with van der Waals surface area (Å²) < 4.78 is 5.37. The number of hydrogen-bond acceptors (Lipinski definition) is 2. The van der Waals surface area contributed by atoms with Crippen molar-refractivity contribution in [2.45, 2.75) is 65.2 Å². The lowest BCUT2D eigenvalue weighted by Crippen LogP contribution is -2.33. The molecule has 0 atom stereocenters. The normalized spacial score (nSPS) is 19.5. The zero-order valence-electron chi connectivity index (χ0n) is 15.2. The third-order valence-electron chi connectivity index (χ3n) is 5.28. The number of nitrogens with zero attached hydrogens (tertiary/aromatic N) is 1. The third-order valence-corrected chi connectivity index (χ3v) is 5.28. The van der Waals surface area contributed by atoms with Crippen molar-refractivity contribution in [3.63, 3.8) is 0 Å². The summed E-state index contributed by atoms with van der Waals surface area (Å²) in [6.07, 6.45) is 4.68. The number of allylic oxidation sites excluding steroid dienone is 1. The fourth-order valence-electron chi connectivity index (χ4n) is 3.57. The fraction of sp³-hybridized carbons (Fsp3) is 0.476. The largest absolute Gasteiger partial charge is 0.356 e. The molecule has 3 rings (SSSR count). The SMILES string of the molecule is C/C(=C\c1ccc2c(c1)C(C)(C)CCC2(C)C)c1cc(C)no1. The number of rotatable bonds is 2. The molecular formula is C21H27NO. The Kier molecular flexibility index (Phi) is 3.74. The van der Waals surface area contributed by atoms with E-state index in [1.54, 1.807) is 0 Å². The lowest BCUT2D eigenvalue weighted by Gasteiger charge is -2.42. The molecule has 0 bridgehead atoms. The minimum Gasteiger partial charge on any atom is -0.356 e. The first-order valence-electron chi connectivity index (χ1n) is 8.46. The number of aryl methyl sites for hydroxylation is 1. The lowest BCUT2D eigenvalue weighted by atomic mass is 9.63. The molecule has 122 valence electrons. The van der Waals surface area contributed by atoms with Gasteiger partial charge in [-0.3, -0.25) is 0 Å². The monoisotopic (exact) mass is 309 g/mol. The Morgan fingerprint density at radius 2 is 1.70 bits per heavy atom. The van der Waals surface area contributed by atoms with Crippen molar-refractivity contribution in [2.24, 2.45) is 0 Å². The molecule has 2 nitrogen and oxygen atoms in total. The van der Waals surface area contributed by atoms with Crippen LogP contribution in [0.3, 0.4) is 0 Å². The molecule has 0 unspecified atom stereocenters. The number of hydrogen-bond donors (Lipinski definition) is 0. The van der Waals surface area contributed by atoms with E-state index in [1.807, 2.05) is 13.0 Å². The van der Waals surface area contributed by atoms with Crippen molar-refractivity contribution in [3.8, 4) is 0 Å². The second kappa shape index (κ2) is 5.36. The second-order valence-corrected chi connectivity index (χ2v) is 8.23. The summed E-state index contributed by atoms with van der Waals surface area (Å²) >= 11 is 0. The average Bonchev–Trinajstić information content (AvgIpc) is 2.91. The zero-order valence-corrected chi connectivity index (χ0v) is 15.2. The van der Waals surface area contributed by atoms with Gasteiger partial charge in [0.15, 0.2) is 5.76 Å². The summed E-state index contributed by atoms with van der Waals surface area (Å²) in [6.45, 7) is 13.5. The van der Waals surface area contributed by atoms with Gasteiger partial charge < -0.3 is 4.52 Å². The topological polar surface area (TPSA) is 26.0 Å².